The average molecular weight is 322 g/mol. The molecule has 0 amide bonds. The monoisotopic (exact) mass is 321 g/mol. The smallest absolute Gasteiger partial charge is 0.159 e. The summed E-state index contributed by atoms with van der Waals surface area (Å²) in [5.41, 5.74) is 2.43. The lowest BCUT2D eigenvalue weighted by Crippen LogP contribution is -1.92. The minimum Gasteiger partial charge on any atom is -0.240 e. The molecule has 0 bridgehead atoms. The van der Waals surface area contributed by atoms with Crippen LogP contribution >= 0.6 is 34.5 Å². The number of hydrogen-bond acceptors (Lipinski definition) is 4. The van der Waals surface area contributed by atoms with Gasteiger partial charge in [-0.1, -0.05) is 23.2 Å². The molecule has 0 saturated carbocycles. The summed E-state index contributed by atoms with van der Waals surface area (Å²) in [6.07, 6.45) is 1.71. The first-order valence-corrected chi connectivity index (χ1v) is 7.47. The van der Waals surface area contributed by atoms with Crippen molar-refractivity contribution in [1.29, 1.82) is 0 Å². The van der Waals surface area contributed by atoms with Crippen molar-refractivity contribution in [1.82, 2.24) is 15.0 Å². The molecule has 3 nitrogen and oxygen atoms in total. The average Bonchev–Trinajstić information content (AvgIpc) is 2.85. The second-order valence-electron chi connectivity index (χ2n) is 4.18. The van der Waals surface area contributed by atoms with Gasteiger partial charge in [-0.3, -0.25) is 0 Å². The highest BCUT2D eigenvalue weighted by atomic mass is 35.5. The van der Waals surface area contributed by atoms with Gasteiger partial charge in [-0.2, -0.15) is 0 Å². The van der Waals surface area contributed by atoms with Crippen LogP contribution in [0.1, 0.15) is 5.01 Å². The van der Waals surface area contributed by atoms with Crippen LogP contribution in [0.25, 0.3) is 22.8 Å². The Morgan fingerprint density at radius 2 is 1.75 bits per heavy atom. The SMILES string of the molecule is Cc1nc(-c2ccnc(-c3cc(Cl)cc(Cl)c3)n2)cs1. The van der Waals surface area contributed by atoms with E-state index in [2.05, 4.69) is 15.0 Å². The van der Waals surface area contributed by atoms with Crippen LogP contribution < -0.4 is 0 Å². The minimum absolute atomic E-state index is 0.561. The molecular weight excluding hydrogens is 313 g/mol. The Kier molecular flexibility index (Phi) is 3.70. The first-order chi connectivity index (χ1) is 9.61. The standard InChI is InChI=1S/C14H9Cl2N3S/c1-8-18-13(7-20-8)12-2-3-17-14(19-12)9-4-10(15)6-11(16)5-9/h2-7H,1H3. The van der Waals surface area contributed by atoms with E-state index in [1.165, 1.54) is 0 Å². The predicted octanol–water partition coefficient (Wildman–Crippen LogP) is 4.88. The van der Waals surface area contributed by atoms with Gasteiger partial charge in [0.2, 0.25) is 0 Å². The summed E-state index contributed by atoms with van der Waals surface area (Å²) >= 11 is 13.6. The van der Waals surface area contributed by atoms with Crippen molar-refractivity contribution < 1.29 is 0 Å². The largest absolute Gasteiger partial charge is 0.240 e. The summed E-state index contributed by atoms with van der Waals surface area (Å²) in [5, 5.41) is 4.11. The molecule has 3 rings (SSSR count). The number of thiazole rings is 1. The quantitative estimate of drug-likeness (QED) is 0.675. The summed E-state index contributed by atoms with van der Waals surface area (Å²) in [7, 11) is 0. The zero-order chi connectivity index (χ0) is 14.1. The third kappa shape index (κ3) is 2.82. The summed E-state index contributed by atoms with van der Waals surface area (Å²) in [5.74, 6) is 0.581. The van der Waals surface area contributed by atoms with Crippen LogP contribution in [-0.4, -0.2) is 15.0 Å². The minimum atomic E-state index is 0.561. The van der Waals surface area contributed by atoms with Gasteiger partial charge in [0.1, 0.15) is 0 Å². The van der Waals surface area contributed by atoms with E-state index in [1.807, 2.05) is 18.4 Å². The lowest BCUT2D eigenvalue weighted by Gasteiger charge is -2.03. The zero-order valence-electron chi connectivity index (χ0n) is 10.5. The molecule has 0 aliphatic rings. The molecule has 0 saturated heterocycles. The second kappa shape index (κ2) is 5.48. The highest BCUT2D eigenvalue weighted by molar-refractivity contribution is 7.09. The van der Waals surface area contributed by atoms with Crippen molar-refractivity contribution in [3.63, 3.8) is 0 Å². The molecule has 0 N–H and O–H groups in total. The predicted molar refractivity (Wildman–Crippen MR) is 83.3 cm³/mol. The van der Waals surface area contributed by atoms with Gasteiger partial charge < -0.3 is 0 Å². The van der Waals surface area contributed by atoms with Crippen LogP contribution in [0, 0.1) is 6.92 Å². The molecule has 0 aliphatic heterocycles. The Morgan fingerprint density at radius 1 is 1.00 bits per heavy atom. The van der Waals surface area contributed by atoms with Crippen LogP contribution in [-0.2, 0) is 0 Å². The molecule has 100 valence electrons. The molecule has 0 fully saturated rings. The van der Waals surface area contributed by atoms with E-state index in [9.17, 15) is 0 Å². The molecule has 3 aromatic rings. The van der Waals surface area contributed by atoms with Crippen molar-refractivity contribution in [2.75, 3.05) is 0 Å². The number of benzene rings is 1. The topological polar surface area (TPSA) is 38.7 Å². The molecule has 0 spiro atoms. The number of aryl methyl sites for hydroxylation is 1. The van der Waals surface area contributed by atoms with Crippen molar-refractivity contribution >= 4 is 34.5 Å². The van der Waals surface area contributed by atoms with E-state index in [1.54, 1.807) is 35.7 Å². The molecular formula is C14H9Cl2N3S. The highest BCUT2D eigenvalue weighted by Gasteiger charge is 2.08. The first kappa shape index (κ1) is 13.5. The van der Waals surface area contributed by atoms with Gasteiger partial charge in [0, 0.05) is 27.2 Å². The third-order valence-electron chi connectivity index (χ3n) is 2.66. The maximum atomic E-state index is 6.01. The number of hydrogen-bond donors (Lipinski definition) is 0. The van der Waals surface area contributed by atoms with Crippen LogP contribution in [0.15, 0.2) is 35.8 Å². The summed E-state index contributed by atoms with van der Waals surface area (Å²) < 4.78 is 0. The summed E-state index contributed by atoms with van der Waals surface area (Å²) in [6, 6.07) is 7.10. The van der Waals surface area contributed by atoms with Gasteiger partial charge in [-0.05, 0) is 31.2 Å². The third-order valence-corrected chi connectivity index (χ3v) is 3.87. The second-order valence-corrected chi connectivity index (χ2v) is 6.11. The van der Waals surface area contributed by atoms with Gasteiger partial charge in [0.25, 0.3) is 0 Å². The molecule has 2 aromatic heterocycles. The Bertz CT molecular complexity index is 750. The summed E-state index contributed by atoms with van der Waals surface area (Å²) in [6.45, 7) is 1.97. The molecule has 2 heterocycles. The van der Waals surface area contributed by atoms with Gasteiger partial charge >= 0.3 is 0 Å². The fourth-order valence-electron chi connectivity index (χ4n) is 1.80. The maximum absolute atomic E-state index is 6.01. The Labute approximate surface area is 130 Å². The fourth-order valence-corrected chi connectivity index (χ4v) is 2.94. The summed E-state index contributed by atoms with van der Waals surface area (Å²) in [4.78, 5) is 13.2. The van der Waals surface area contributed by atoms with Crippen molar-refractivity contribution in [2.45, 2.75) is 6.92 Å². The number of nitrogens with zero attached hydrogens (tertiary/aromatic N) is 3. The van der Waals surface area contributed by atoms with E-state index >= 15 is 0 Å². The molecule has 1 aromatic carbocycles. The Morgan fingerprint density at radius 3 is 2.40 bits per heavy atom. The first-order valence-electron chi connectivity index (χ1n) is 5.84. The highest BCUT2D eigenvalue weighted by Crippen LogP contribution is 2.26. The van der Waals surface area contributed by atoms with E-state index in [0.29, 0.717) is 15.9 Å². The number of halogens is 2. The van der Waals surface area contributed by atoms with Crippen molar-refractivity contribution in [2.24, 2.45) is 0 Å². The molecule has 6 heteroatoms. The van der Waals surface area contributed by atoms with Crippen molar-refractivity contribution in [3.8, 4) is 22.8 Å². The number of aromatic nitrogens is 3. The van der Waals surface area contributed by atoms with E-state index in [4.69, 9.17) is 23.2 Å². The molecule has 0 atom stereocenters. The van der Waals surface area contributed by atoms with E-state index in [0.717, 1.165) is 22.0 Å². The van der Waals surface area contributed by atoms with Crippen LogP contribution in [0.5, 0.6) is 0 Å². The fraction of sp³-hybridized carbons (Fsp3) is 0.0714. The molecule has 0 aliphatic carbocycles. The Hall–Kier alpha value is -1.49. The van der Waals surface area contributed by atoms with Crippen LogP contribution in [0.4, 0.5) is 0 Å². The maximum Gasteiger partial charge on any atom is 0.159 e. The lowest BCUT2D eigenvalue weighted by molar-refractivity contribution is 1.16. The zero-order valence-corrected chi connectivity index (χ0v) is 12.8. The van der Waals surface area contributed by atoms with E-state index in [-0.39, 0.29) is 0 Å². The molecule has 0 radical (unpaired) electrons. The molecule has 20 heavy (non-hydrogen) atoms. The van der Waals surface area contributed by atoms with E-state index < -0.39 is 0 Å². The normalized spacial score (nSPS) is 10.8. The van der Waals surface area contributed by atoms with Gasteiger partial charge in [0.15, 0.2) is 5.82 Å². The lowest BCUT2D eigenvalue weighted by atomic mass is 10.2. The van der Waals surface area contributed by atoms with Crippen LogP contribution in [0.3, 0.4) is 0 Å². The van der Waals surface area contributed by atoms with Crippen molar-refractivity contribution in [3.05, 3.63) is 50.9 Å². The Balaban J connectivity index is 2.07. The molecule has 0 unspecified atom stereocenters. The van der Waals surface area contributed by atoms with Gasteiger partial charge in [-0.15, -0.1) is 11.3 Å². The van der Waals surface area contributed by atoms with Gasteiger partial charge in [0.05, 0.1) is 16.4 Å². The van der Waals surface area contributed by atoms with Crippen LogP contribution in [0.2, 0.25) is 10.0 Å². The number of rotatable bonds is 2. The van der Waals surface area contributed by atoms with Gasteiger partial charge in [-0.25, -0.2) is 15.0 Å².